The Morgan fingerprint density at radius 1 is 0.377 bits per heavy atom. The third kappa shape index (κ3) is 4.69. The maximum Gasteiger partial charge on any atom is 0.160 e. The number of nitrogens with zero attached hydrogens (tertiary/aromatic N) is 1. The number of hydrogen-bond donors (Lipinski definition) is 0. The number of para-hydroxylation sites is 1. The summed E-state index contributed by atoms with van der Waals surface area (Å²) in [7, 11) is 0. The van der Waals surface area contributed by atoms with E-state index < -0.39 is 0 Å². The molecule has 0 radical (unpaired) electrons. The van der Waals surface area contributed by atoms with Crippen LogP contribution in [0.3, 0.4) is 0 Å². The molecule has 0 amide bonds. The first-order valence-electron chi connectivity index (χ1n) is 21.3. The van der Waals surface area contributed by atoms with Crippen molar-refractivity contribution in [2.45, 2.75) is 38.5 Å². The van der Waals surface area contributed by atoms with Crippen LogP contribution in [0.15, 0.2) is 185 Å². The molecular formula is C58H41NO2. The standard InChI is InChI=1S/C58H41NO2/c1-57(2)46-18-10-7-15-40(46)42-25-23-37(32-48(42)57)59(38-24-26-43-41-16-8-11-19-47(41)58(3,4)49(43)33-38)55-39(36-22-21-34-13-5-6-14-35(34)31-36)27-28-45-54-52(61-56(45)55)30-29-51-53(54)44-17-9-12-20-50(44)60-51/h5-33H,1-4H3. The lowest BCUT2D eigenvalue weighted by molar-refractivity contribution is 0.659. The van der Waals surface area contributed by atoms with Gasteiger partial charge in [0.1, 0.15) is 16.7 Å². The minimum Gasteiger partial charge on any atom is -0.456 e. The van der Waals surface area contributed by atoms with Gasteiger partial charge in [-0.1, -0.05) is 149 Å². The first kappa shape index (κ1) is 34.5. The molecule has 2 heterocycles. The van der Waals surface area contributed by atoms with Gasteiger partial charge in [-0.2, -0.15) is 0 Å². The summed E-state index contributed by atoms with van der Waals surface area (Å²) in [6, 6.07) is 64.5. The molecule has 0 atom stereocenters. The third-order valence-corrected chi connectivity index (χ3v) is 14.1. The topological polar surface area (TPSA) is 29.5 Å². The Kier molecular flexibility index (Phi) is 6.85. The molecule has 9 aromatic carbocycles. The molecule has 0 spiro atoms. The van der Waals surface area contributed by atoms with E-state index in [9.17, 15) is 0 Å². The van der Waals surface area contributed by atoms with E-state index >= 15 is 0 Å². The maximum absolute atomic E-state index is 7.27. The summed E-state index contributed by atoms with van der Waals surface area (Å²) in [4.78, 5) is 2.48. The van der Waals surface area contributed by atoms with E-state index in [0.717, 1.165) is 72.1 Å². The smallest absolute Gasteiger partial charge is 0.160 e. The molecule has 3 nitrogen and oxygen atoms in total. The van der Waals surface area contributed by atoms with Crippen LogP contribution in [0.5, 0.6) is 0 Å². The minimum absolute atomic E-state index is 0.185. The molecule has 2 aromatic heterocycles. The molecule has 290 valence electrons. The van der Waals surface area contributed by atoms with E-state index in [1.807, 2.05) is 6.07 Å². The van der Waals surface area contributed by atoms with Crippen molar-refractivity contribution in [3.8, 4) is 33.4 Å². The zero-order chi connectivity index (χ0) is 40.8. The van der Waals surface area contributed by atoms with Crippen LogP contribution in [0.1, 0.15) is 49.9 Å². The summed E-state index contributed by atoms with van der Waals surface area (Å²) in [6.45, 7) is 9.45. The summed E-state index contributed by atoms with van der Waals surface area (Å²) < 4.78 is 13.7. The highest BCUT2D eigenvalue weighted by Crippen LogP contribution is 2.55. The fraction of sp³-hybridized carbons (Fsp3) is 0.103. The monoisotopic (exact) mass is 783 g/mol. The average molecular weight is 784 g/mol. The van der Waals surface area contributed by atoms with E-state index in [1.54, 1.807) is 0 Å². The van der Waals surface area contributed by atoms with Gasteiger partial charge < -0.3 is 13.7 Å². The van der Waals surface area contributed by atoms with E-state index in [0.29, 0.717) is 0 Å². The normalized spacial score (nSPS) is 14.5. The predicted octanol–water partition coefficient (Wildman–Crippen LogP) is 16.4. The second-order valence-electron chi connectivity index (χ2n) is 18.0. The van der Waals surface area contributed by atoms with Crippen LogP contribution in [0.4, 0.5) is 17.1 Å². The highest BCUT2D eigenvalue weighted by molar-refractivity contribution is 6.27. The molecule has 0 unspecified atom stereocenters. The number of rotatable bonds is 4. The van der Waals surface area contributed by atoms with Gasteiger partial charge in [-0.05, 0) is 115 Å². The molecule has 0 fully saturated rings. The van der Waals surface area contributed by atoms with Gasteiger partial charge in [-0.15, -0.1) is 0 Å². The molecule has 0 aliphatic heterocycles. The molecule has 2 aliphatic rings. The van der Waals surface area contributed by atoms with Crippen molar-refractivity contribution >= 4 is 71.7 Å². The van der Waals surface area contributed by atoms with E-state index in [2.05, 4.69) is 202 Å². The molecule has 11 aromatic rings. The predicted molar refractivity (Wildman–Crippen MR) is 254 cm³/mol. The largest absolute Gasteiger partial charge is 0.456 e. The Balaban J connectivity index is 1.16. The Bertz CT molecular complexity index is 3560. The zero-order valence-electron chi connectivity index (χ0n) is 34.5. The van der Waals surface area contributed by atoms with Crippen LogP contribution >= 0.6 is 0 Å². The lowest BCUT2D eigenvalue weighted by atomic mass is 9.82. The Labute approximate surface area is 354 Å². The van der Waals surface area contributed by atoms with Crippen LogP contribution < -0.4 is 4.90 Å². The average Bonchev–Trinajstić information content (AvgIpc) is 3.99. The number of furan rings is 2. The molecule has 2 aliphatic carbocycles. The van der Waals surface area contributed by atoms with Crippen LogP contribution in [-0.2, 0) is 10.8 Å². The summed E-state index contributed by atoms with van der Waals surface area (Å²) in [5.41, 5.74) is 19.0. The van der Waals surface area contributed by atoms with Gasteiger partial charge in [0.25, 0.3) is 0 Å². The van der Waals surface area contributed by atoms with E-state index in [1.165, 1.54) is 55.3 Å². The summed E-state index contributed by atoms with van der Waals surface area (Å²) in [6.07, 6.45) is 0. The molecule has 61 heavy (non-hydrogen) atoms. The quantitative estimate of drug-likeness (QED) is 0.178. The van der Waals surface area contributed by atoms with Crippen LogP contribution in [0.25, 0.3) is 88.0 Å². The van der Waals surface area contributed by atoms with Crippen molar-refractivity contribution in [2.75, 3.05) is 4.90 Å². The Hall–Kier alpha value is -7.36. The van der Waals surface area contributed by atoms with Crippen molar-refractivity contribution in [2.24, 2.45) is 0 Å². The van der Waals surface area contributed by atoms with Crippen molar-refractivity contribution in [1.82, 2.24) is 0 Å². The summed E-state index contributed by atoms with van der Waals surface area (Å²) in [5, 5.41) is 6.70. The SMILES string of the molecule is CC1(C)c2ccccc2-c2ccc(N(c3ccc4c(c3)C(C)(C)c3ccccc3-4)c3c(-c4ccc5ccccc5c4)ccc4c3oc3ccc5oc6ccccc6c5c34)cc21. The van der Waals surface area contributed by atoms with Crippen molar-refractivity contribution in [1.29, 1.82) is 0 Å². The Morgan fingerprint density at radius 2 is 0.918 bits per heavy atom. The molecule has 0 bridgehead atoms. The number of benzene rings is 9. The van der Waals surface area contributed by atoms with Crippen molar-refractivity contribution in [3.05, 3.63) is 198 Å². The lowest BCUT2D eigenvalue weighted by Gasteiger charge is -2.31. The van der Waals surface area contributed by atoms with Crippen LogP contribution in [0, 0.1) is 0 Å². The van der Waals surface area contributed by atoms with Gasteiger partial charge in [0.05, 0.1) is 5.69 Å². The second-order valence-corrected chi connectivity index (χ2v) is 18.0. The highest BCUT2D eigenvalue weighted by atomic mass is 16.3. The third-order valence-electron chi connectivity index (χ3n) is 14.1. The van der Waals surface area contributed by atoms with Crippen molar-refractivity contribution < 1.29 is 8.83 Å². The summed E-state index contributed by atoms with van der Waals surface area (Å²) in [5.74, 6) is 0. The van der Waals surface area contributed by atoms with Gasteiger partial charge in [-0.3, -0.25) is 0 Å². The highest BCUT2D eigenvalue weighted by Gasteiger charge is 2.38. The minimum atomic E-state index is -0.185. The number of anilines is 3. The van der Waals surface area contributed by atoms with Gasteiger partial charge >= 0.3 is 0 Å². The fourth-order valence-corrected chi connectivity index (χ4v) is 11.0. The van der Waals surface area contributed by atoms with E-state index in [-0.39, 0.29) is 10.8 Å². The first-order chi connectivity index (χ1) is 29.8. The summed E-state index contributed by atoms with van der Waals surface area (Å²) >= 11 is 0. The maximum atomic E-state index is 7.27. The van der Waals surface area contributed by atoms with E-state index in [4.69, 9.17) is 8.83 Å². The molecule has 0 saturated carbocycles. The number of hydrogen-bond acceptors (Lipinski definition) is 3. The zero-order valence-corrected chi connectivity index (χ0v) is 34.5. The van der Waals surface area contributed by atoms with Gasteiger partial charge in [-0.25, -0.2) is 0 Å². The van der Waals surface area contributed by atoms with Crippen molar-refractivity contribution in [3.63, 3.8) is 0 Å². The molecule has 3 heteroatoms. The molecular weight excluding hydrogens is 743 g/mol. The lowest BCUT2D eigenvalue weighted by Crippen LogP contribution is -2.18. The molecule has 0 saturated heterocycles. The first-order valence-corrected chi connectivity index (χ1v) is 21.3. The van der Waals surface area contributed by atoms with Gasteiger partial charge in [0, 0.05) is 49.3 Å². The van der Waals surface area contributed by atoms with Gasteiger partial charge in [0.2, 0.25) is 0 Å². The number of fused-ring (bicyclic) bond motifs is 14. The molecule has 13 rings (SSSR count). The van der Waals surface area contributed by atoms with Crippen LogP contribution in [0.2, 0.25) is 0 Å². The second kappa shape index (κ2) is 12.1. The Morgan fingerprint density at radius 3 is 1.61 bits per heavy atom. The fourth-order valence-electron chi connectivity index (χ4n) is 11.0. The van der Waals surface area contributed by atoms with Gasteiger partial charge in [0.15, 0.2) is 5.58 Å². The molecule has 0 N–H and O–H groups in total. The van der Waals surface area contributed by atoms with Crippen LogP contribution in [-0.4, -0.2) is 0 Å².